The summed E-state index contributed by atoms with van der Waals surface area (Å²) in [5.74, 6) is 0.470. The molecular weight excluding hydrogens is 238 g/mol. The second-order valence-electron chi connectivity index (χ2n) is 5.26. The van der Waals surface area contributed by atoms with Gasteiger partial charge in [0.15, 0.2) is 0 Å². The Morgan fingerprint density at radius 3 is 2.59 bits per heavy atom. The van der Waals surface area contributed by atoms with E-state index in [1.54, 1.807) is 8.61 Å². The lowest BCUT2D eigenvalue weighted by molar-refractivity contribution is 0.254. The van der Waals surface area contributed by atoms with E-state index in [0.29, 0.717) is 32.1 Å². The molecule has 2 aliphatic rings. The number of hydrogen-bond acceptors (Lipinski definition) is 3. The molecule has 0 radical (unpaired) electrons. The van der Waals surface area contributed by atoms with E-state index in [1.807, 2.05) is 0 Å². The van der Waals surface area contributed by atoms with Gasteiger partial charge in [-0.3, -0.25) is 0 Å². The minimum atomic E-state index is -3.27. The summed E-state index contributed by atoms with van der Waals surface area (Å²) in [4.78, 5) is 0. The molecule has 0 bridgehead atoms. The van der Waals surface area contributed by atoms with Gasteiger partial charge in [0.2, 0.25) is 0 Å². The predicted molar refractivity (Wildman–Crippen MR) is 67.7 cm³/mol. The fourth-order valence-corrected chi connectivity index (χ4v) is 4.88. The molecule has 0 spiro atoms. The number of piperidine rings is 1. The van der Waals surface area contributed by atoms with Gasteiger partial charge < -0.3 is 5.73 Å². The second kappa shape index (κ2) is 5.22. The molecule has 17 heavy (non-hydrogen) atoms. The largest absolute Gasteiger partial charge is 0.329 e. The first kappa shape index (κ1) is 13.3. The summed E-state index contributed by atoms with van der Waals surface area (Å²) in [7, 11) is -3.27. The van der Waals surface area contributed by atoms with E-state index >= 15 is 0 Å². The Hall–Kier alpha value is -0.170. The van der Waals surface area contributed by atoms with Gasteiger partial charge in [0.05, 0.1) is 0 Å². The van der Waals surface area contributed by atoms with Gasteiger partial charge in [-0.05, 0) is 31.6 Å². The molecule has 2 fully saturated rings. The third-order valence-electron chi connectivity index (χ3n) is 3.84. The lowest BCUT2D eigenvalue weighted by atomic mass is 10.0. The first-order valence-corrected chi connectivity index (χ1v) is 7.92. The van der Waals surface area contributed by atoms with Crippen molar-refractivity contribution in [2.75, 3.05) is 26.2 Å². The Balaban J connectivity index is 2.12. The molecule has 0 amide bonds. The van der Waals surface area contributed by atoms with E-state index in [4.69, 9.17) is 5.73 Å². The zero-order valence-corrected chi connectivity index (χ0v) is 11.3. The number of nitrogens with two attached hydrogens (primary N) is 1. The zero-order chi connectivity index (χ0) is 12.5. The lowest BCUT2D eigenvalue weighted by Gasteiger charge is -2.34. The van der Waals surface area contributed by atoms with Crippen molar-refractivity contribution >= 4 is 10.2 Å². The summed E-state index contributed by atoms with van der Waals surface area (Å²) in [6.45, 7) is 4.51. The highest BCUT2D eigenvalue weighted by Crippen LogP contribution is 2.26. The normalized spacial score (nSPS) is 33.1. The van der Waals surface area contributed by atoms with Crippen molar-refractivity contribution in [1.82, 2.24) is 8.61 Å². The minimum absolute atomic E-state index is 0.0113. The summed E-state index contributed by atoms with van der Waals surface area (Å²) in [6, 6.07) is 0.0113. The van der Waals surface area contributed by atoms with Crippen LogP contribution < -0.4 is 5.73 Å². The van der Waals surface area contributed by atoms with Crippen LogP contribution in [0.1, 0.15) is 32.6 Å². The van der Waals surface area contributed by atoms with Crippen LogP contribution in [0.3, 0.4) is 0 Å². The molecule has 0 aromatic heterocycles. The maximum Gasteiger partial charge on any atom is 0.282 e. The van der Waals surface area contributed by atoms with E-state index in [0.717, 1.165) is 25.7 Å². The van der Waals surface area contributed by atoms with Crippen molar-refractivity contribution in [3.63, 3.8) is 0 Å². The summed E-state index contributed by atoms with van der Waals surface area (Å²) in [5.41, 5.74) is 5.65. The predicted octanol–water partition coefficient (Wildman–Crippen LogP) is 0.386. The highest BCUT2D eigenvalue weighted by atomic mass is 32.2. The Labute approximate surface area is 104 Å². The van der Waals surface area contributed by atoms with Crippen molar-refractivity contribution in [3.05, 3.63) is 0 Å². The monoisotopic (exact) mass is 261 g/mol. The van der Waals surface area contributed by atoms with Crippen molar-refractivity contribution in [1.29, 1.82) is 0 Å². The molecule has 0 unspecified atom stereocenters. The highest BCUT2D eigenvalue weighted by molar-refractivity contribution is 7.86. The molecule has 0 aromatic rings. The molecule has 2 rings (SSSR count). The van der Waals surface area contributed by atoms with Crippen LogP contribution in [0.2, 0.25) is 0 Å². The van der Waals surface area contributed by atoms with Gasteiger partial charge in [-0.1, -0.05) is 6.92 Å². The molecule has 0 aromatic carbocycles. The lowest BCUT2D eigenvalue weighted by Crippen LogP contribution is -2.50. The summed E-state index contributed by atoms with van der Waals surface area (Å²) < 4.78 is 28.3. The van der Waals surface area contributed by atoms with Gasteiger partial charge in [0.25, 0.3) is 10.2 Å². The van der Waals surface area contributed by atoms with E-state index in [-0.39, 0.29) is 6.04 Å². The van der Waals surface area contributed by atoms with Crippen LogP contribution in [0, 0.1) is 5.92 Å². The standard InChI is InChI=1S/C11H23N3O2S/c1-10-4-2-6-13(9-10)17(15,16)14-7-3-5-11(14)8-12/h10-11H,2-9,12H2,1H3/t10-,11-/m1/s1. The van der Waals surface area contributed by atoms with Crippen LogP contribution in [-0.2, 0) is 10.2 Å². The van der Waals surface area contributed by atoms with E-state index in [1.165, 1.54) is 0 Å². The summed E-state index contributed by atoms with van der Waals surface area (Å²) in [6.07, 6.45) is 3.94. The van der Waals surface area contributed by atoms with E-state index in [9.17, 15) is 8.42 Å². The zero-order valence-electron chi connectivity index (χ0n) is 10.5. The Kier molecular flexibility index (Phi) is 4.07. The van der Waals surface area contributed by atoms with Crippen LogP contribution in [-0.4, -0.2) is 49.2 Å². The van der Waals surface area contributed by atoms with E-state index < -0.39 is 10.2 Å². The van der Waals surface area contributed by atoms with Gasteiger partial charge in [-0.15, -0.1) is 0 Å². The molecule has 0 aliphatic carbocycles. The maximum absolute atomic E-state index is 12.5. The summed E-state index contributed by atoms with van der Waals surface area (Å²) >= 11 is 0. The first-order valence-electron chi connectivity index (χ1n) is 6.52. The molecule has 6 heteroatoms. The van der Waals surface area contributed by atoms with Crippen LogP contribution in [0.15, 0.2) is 0 Å². The van der Waals surface area contributed by atoms with Crippen molar-refractivity contribution in [2.24, 2.45) is 11.7 Å². The Bertz CT molecular complexity index is 358. The molecule has 0 saturated carbocycles. The van der Waals surface area contributed by atoms with Crippen LogP contribution in [0.4, 0.5) is 0 Å². The molecule has 100 valence electrons. The number of rotatable bonds is 3. The average molecular weight is 261 g/mol. The van der Waals surface area contributed by atoms with Crippen molar-refractivity contribution in [2.45, 2.75) is 38.6 Å². The summed E-state index contributed by atoms with van der Waals surface area (Å²) in [5, 5.41) is 0. The molecule has 2 heterocycles. The molecule has 2 aliphatic heterocycles. The number of hydrogen-bond donors (Lipinski definition) is 1. The fourth-order valence-electron chi connectivity index (χ4n) is 2.85. The smallest absolute Gasteiger partial charge is 0.282 e. The van der Waals surface area contributed by atoms with Crippen molar-refractivity contribution < 1.29 is 8.42 Å². The molecule has 2 N–H and O–H groups in total. The Morgan fingerprint density at radius 1 is 1.24 bits per heavy atom. The fraction of sp³-hybridized carbons (Fsp3) is 1.00. The number of nitrogens with zero attached hydrogens (tertiary/aromatic N) is 2. The third kappa shape index (κ3) is 2.65. The minimum Gasteiger partial charge on any atom is -0.329 e. The molecule has 2 atom stereocenters. The third-order valence-corrected chi connectivity index (χ3v) is 5.90. The molecule has 2 saturated heterocycles. The topological polar surface area (TPSA) is 66.6 Å². The van der Waals surface area contributed by atoms with Crippen LogP contribution in [0.5, 0.6) is 0 Å². The Morgan fingerprint density at radius 2 is 1.94 bits per heavy atom. The van der Waals surface area contributed by atoms with Gasteiger partial charge in [-0.25, -0.2) is 0 Å². The van der Waals surface area contributed by atoms with Gasteiger partial charge in [0, 0.05) is 32.2 Å². The van der Waals surface area contributed by atoms with Crippen LogP contribution >= 0.6 is 0 Å². The van der Waals surface area contributed by atoms with Gasteiger partial charge in [-0.2, -0.15) is 17.0 Å². The first-order chi connectivity index (χ1) is 8.05. The van der Waals surface area contributed by atoms with Crippen LogP contribution in [0.25, 0.3) is 0 Å². The van der Waals surface area contributed by atoms with Gasteiger partial charge in [0.1, 0.15) is 0 Å². The average Bonchev–Trinajstić information content (AvgIpc) is 2.77. The van der Waals surface area contributed by atoms with E-state index in [2.05, 4.69) is 6.92 Å². The highest BCUT2D eigenvalue weighted by Gasteiger charge is 2.38. The molecule has 5 nitrogen and oxygen atoms in total. The molecular formula is C11H23N3O2S. The maximum atomic E-state index is 12.5. The van der Waals surface area contributed by atoms with Crippen molar-refractivity contribution in [3.8, 4) is 0 Å². The SMILES string of the molecule is C[C@@H]1CCCN(S(=O)(=O)N2CCC[C@@H]2CN)C1. The second-order valence-corrected chi connectivity index (χ2v) is 7.14. The quantitative estimate of drug-likeness (QED) is 0.799. The van der Waals surface area contributed by atoms with Gasteiger partial charge >= 0.3 is 0 Å².